The fourth-order valence-electron chi connectivity index (χ4n) is 3.28. The summed E-state index contributed by atoms with van der Waals surface area (Å²) in [4.78, 5) is 6.86. The van der Waals surface area contributed by atoms with E-state index in [1.807, 2.05) is 12.4 Å². The molecule has 0 saturated heterocycles. The number of H-pyrrole nitrogens is 1. The van der Waals surface area contributed by atoms with Crippen LogP contribution in [0.5, 0.6) is 0 Å². The van der Waals surface area contributed by atoms with Crippen molar-refractivity contribution in [3.63, 3.8) is 0 Å². The molecule has 2 N–H and O–H groups in total. The first-order valence-electron chi connectivity index (χ1n) is 9.62. The maximum absolute atomic E-state index is 4.47. The summed E-state index contributed by atoms with van der Waals surface area (Å²) in [6, 6.07) is 8.89. The predicted octanol–water partition coefficient (Wildman–Crippen LogP) is 4.44. The smallest absolute Gasteiger partial charge is 0.115 e. The van der Waals surface area contributed by atoms with E-state index in [-0.39, 0.29) is 0 Å². The van der Waals surface area contributed by atoms with E-state index in [0.717, 1.165) is 53.1 Å². The number of benzene rings is 1. The van der Waals surface area contributed by atoms with Crippen molar-refractivity contribution in [3.05, 3.63) is 54.5 Å². The van der Waals surface area contributed by atoms with Gasteiger partial charge >= 0.3 is 0 Å². The van der Waals surface area contributed by atoms with E-state index in [1.54, 1.807) is 0 Å². The number of nitrogens with one attached hydrogen (secondary N) is 2. The average molecular weight is 364 g/mol. The molecule has 0 aliphatic carbocycles. The monoisotopic (exact) mass is 363 g/mol. The number of rotatable bonds is 8. The van der Waals surface area contributed by atoms with Crippen molar-refractivity contribution in [1.29, 1.82) is 0 Å². The van der Waals surface area contributed by atoms with E-state index in [2.05, 4.69) is 83.9 Å². The first-order chi connectivity index (χ1) is 13.0. The lowest BCUT2D eigenvalue weighted by Crippen LogP contribution is -2.22. The van der Waals surface area contributed by atoms with Crippen LogP contribution in [0.2, 0.25) is 0 Å². The highest BCUT2D eigenvalue weighted by atomic mass is 15.1. The predicted molar refractivity (Wildman–Crippen MR) is 113 cm³/mol. The lowest BCUT2D eigenvalue weighted by Gasteiger charge is -2.18. The van der Waals surface area contributed by atoms with Crippen molar-refractivity contribution < 1.29 is 0 Å². The van der Waals surface area contributed by atoms with Gasteiger partial charge in [-0.3, -0.25) is 15.0 Å². The molecule has 5 heteroatoms. The molecule has 1 aromatic carbocycles. The Morgan fingerprint density at radius 2 is 1.93 bits per heavy atom. The molecule has 0 aliphatic heterocycles. The molecule has 0 aliphatic rings. The molecule has 142 valence electrons. The Kier molecular flexibility index (Phi) is 5.91. The standard InChI is InChI=1S/C22H29N5/c1-6-27(7-2)14-17-10-19(13-23-12-17)18-8-9-21-20(11-18)22(26-25-21)16(5)24-15(3)4/h8-13,15,24H,5-7,14H2,1-4H3,(H,25,26). The Morgan fingerprint density at radius 3 is 2.63 bits per heavy atom. The number of nitrogens with zero attached hydrogens (tertiary/aromatic N) is 3. The van der Waals surface area contributed by atoms with Crippen LogP contribution in [0.3, 0.4) is 0 Å². The van der Waals surface area contributed by atoms with Crippen molar-refractivity contribution >= 4 is 16.6 Å². The third-order valence-electron chi connectivity index (χ3n) is 4.74. The molecule has 3 rings (SSSR count). The van der Waals surface area contributed by atoms with E-state index >= 15 is 0 Å². The summed E-state index contributed by atoms with van der Waals surface area (Å²) in [5, 5.41) is 12.0. The SMILES string of the molecule is C=C(NC(C)C)c1n[nH]c2ccc(-c3cncc(CN(CC)CC)c3)cc12. The Morgan fingerprint density at radius 1 is 1.15 bits per heavy atom. The quantitative estimate of drug-likeness (QED) is 0.621. The molecule has 0 amide bonds. The van der Waals surface area contributed by atoms with Crippen LogP contribution < -0.4 is 5.32 Å². The fraction of sp³-hybridized carbons (Fsp3) is 0.364. The van der Waals surface area contributed by atoms with Gasteiger partial charge < -0.3 is 5.32 Å². The summed E-state index contributed by atoms with van der Waals surface area (Å²) in [5.74, 6) is 0. The molecule has 27 heavy (non-hydrogen) atoms. The fourth-order valence-corrected chi connectivity index (χ4v) is 3.28. The van der Waals surface area contributed by atoms with Gasteiger partial charge in [0.25, 0.3) is 0 Å². The van der Waals surface area contributed by atoms with Crippen molar-refractivity contribution in [2.24, 2.45) is 0 Å². The number of fused-ring (bicyclic) bond motifs is 1. The van der Waals surface area contributed by atoms with Crippen molar-refractivity contribution in [2.45, 2.75) is 40.3 Å². The summed E-state index contributed by atoms with van der Waals surface area (Å²) in [6.45, 7) is 15.7. The van der Waals surface area contributed by atoms with Gasteiger partial charge in [0.05, 0.1) is 11.2 Å². The molecule has 3 aromatic rings. The van der Waals surface area contributed by atoms with Gasteiger partial charge in [-0.25, -0.2) is 0 Å². The lowest BCUT2D eigenvalue weighted by atomic mass is 10.0. The van der Waals surface area contributed by atoms with Crippen molar-refractivity contribution in [1.82, 2.24) is 25.4 Å². The van der Waals surface area contributed by atoms with Crippen LogP contribution in [0.25, 0.3) is 27.7 Å². The molecule has 0 spiro atoms. The second kappa shape index (κ2) is 8.35. The van der Waals surface area contributed by atoms with Gasteiger partial charge in [-0.15, -0.1) is 0 Å². The van der Waals surface area contributed by atoms with Crippen LogP contribution in [-0.4, -0.2) is 39.2 Å². The van der Waals surface area contributed by atoms with E-state index < -0.39 is 0 Å². The van der Waals surface area contributed by atoms with Gasteiger partial charge in [0.1, 0.15) is 5.69 Å². The Labute approximate surface area is 161 Å². The maximum Gasteiger partial charge on any atom is 0.115 e. The summed E-state index contributed by atoms with van der Waals surface area (Å²) in [5.41, 5.74) is 6.20. The molecule has 0 bridgehead atoms. The minimum atomic E-state index is 0.313. The summed E-state index contributed by atoms with van der Waals surface area (Å²) in [7, 11) is 0. The van der Waals surface area contributed by atoms with Crippen molar-refractivity contribution in [2.75, 3.05) is 13.1 Å². The van der Waals surface area contributed by atoms with E-state index in [4.69, 9.17) is 0 Å². The zero-order chi connectivity index (χ0) is 19.4. The highest BCUT2D eigenvalue weighted by Gasteiger charge is 2.12. The van der Waals surface area contributed by atoms with E-state index in [9.17, 15) is 0 Å². The number of pyridine rings is 1. The molecule has 5 nitrogen and oxygen atoms in total. The van der Waals surface area contributed by atoms with Crippen molar-refractivity contribution in [3.8, 4) is 11.1 Å². The topological polar surface area (TPSA) is 56.8 Å². The molecule has 2 aromatic heterocycles. The Hall–Kier alpha value is -2.66. The molecular formula is C22H29N5. The lowest BCUT2D eigenvalue weighted by molar-refractivity contribution is 0.295. The Bertz CT molecular complexity index is 921. The third kappa shape index (κ3) is 4.37. The summed E-state index contributed by atoms with van der Waals surface area (Å²) < 4.78 is 0. The van der Waals surface area contributed by atoms with Crippen LogP contribution in [0.4, 0.5) is 0 Å². The number of hydrogen-bond acceptors (Lipinski definition) is 4. The van der Waals surface area contributed by atoms with E-state index in [0.29, 0.717) is 6.04 Å². The van der Waals surface area contributed by atoms with Gasteiger partial charge in [0.2, 0.25) is 0 Å². The Balaban J connectivity index is 1.94. The zero-order valence-corrected chi connectivity index (χ0v) is 16.7. The number of hydrogen-bond donors (Lipinski definition) is 2. The van der Waals surface area contributed by atoms with Gasteiger partial charge in [-0.1, -0.05) is 26.5 Å². The molecule has 0 saturated carbocycles. The molecule has 0 atom stereocenters. The van der Waals surface area contributed by atoms with Gasteiger partial charge in [0.15, 0.2) is 0 Å². The van der Waals surface area contributed by atoms with Gasteiger partial charge in [0, 0.05) is 35.9 Å². The highest BCUT2D eigenvalue weighted by Crippen LogP contribution is 2.27. The molecule has 0 radical (unpaired) electrons. The normalized spacial score (nSPS) is 11.5. The minimum absolute atomic E-state index is 0.313. The number of aromatic amines is 1. The van der Waals surface area contributed by atoms with Gasteiger partial charge in [-0.05, 0) is 56.3 Å². The second-order valence-corrected chi connectivity index (χ2v) is 7.15. The first kappa shape index (κ1) is 19.1. The third-order valence-corrected chi connectivity index (χ3v) is 4.74. The summed E-state index contributed by atoms with van der Waals surface area (Å²) in [6.07, 6.45) is 3.88. The molecule has 0 fully saturated rings. The number of aromatic nitrogens is 3. The van der Waals surface area contributed by atoms with Crippen LogP contribution in [-0.2, 0) is 6.54 Å². The molecular weight excluding hydrogens is 334 g/mol. The molecule has 0 unspecified atom stereocenters. The van der Waals surface area contributed by atoms with Crippen LogP contribution >= 0.6 is 0 Å². The largest absolute Gasteiger partial charge is 0.382 e. The van der Waals surface area contributed by atoms with Crippen LogP contribution in [0.1, 0.15) is 39.0 Å². The average Bonchev–Trinajstić information content (AvgIpc) is 3.09. The minimum Gasteiger partial charge on any atom is -0.382 e. The zero-order valence-electron chi connectivity index (χ0n) is 16.7. The molecule has 2 heterocycles. The van der Waals surface area contributed by atoms with Gasteiger partial charge in [-0.2, -0.15) is 5.10 Å². The first-order valence-corrected chi connectivity index (χ1v) is 9.62. The second-order valence-electron chi connectivity index (χ2n) is 7.15. The van der Waals surface area contributed by atoms with Crippen LogP contribution in [0, 0.1) is 0 Å². The van der Waals surface area contributed by atoms with Crippen LogP contribution in [0.15, 0.2) is 43.2 Å². The highest BCUT2D eigenvalue weighted by molar-refractivity contribution is 5.92. The van der Waals surface area contributed by atoms with E-state index in [1.165, 1.54) is 5.56 Å². The maximum atomic E-state index is 4.47. The summed E-state index contributed by atoms with van der Waals surface area (Å²) >= 11 is 0.